The average molecular weight is 316 g/mol. The Hall–Kier alpha value is 0.300. The van der Waals surface area contributed by atoms with Crippen LogP contribution in [-0.4, -0.2) is 13.2 Å². The lowest BCUT2D eigenvalue weighted by Gasteiger charge is -2.28. The quantitative estimate of drug-likeness (QED) is 0.722. The molecular formula is C11H10Cl4O2. The first-order valence-corrected chi connectivity index (χ1v) is 6.64. The normalized spacial score (nSPS) is 18.6. The summed E-state index contributed by atoms with van der Waals surface area (Å²) in [6.07, 6.45) is 0.573. The third kappa shape index (κ3) is 2.27. The van der Waals surface area contributed by atoms with Gasteiger partial charge in [-0.2, -0.15) is 0 Å². The van der Waals surface area contributed by atoms with Crippen molar-refractivity contribution in [1.82, 2.24) is 0 Å². The van der Waals surface area contributed by atoms with Crippen molar-refractivity contribution >= 4 is 46.4 Å². The zero-order valence-corrected chi connectivity index (χ0v) is 12.1. The molecule has 1 aromatic carbocycles. The van der Waals surface area contributed by atoms with Crippen LogP contribution in [0.3, 0.4) is 0 Å². The number of rotatable bonds is 2. The minimum absolute atomic E-state index is 0.324. The maximum Gasteiger partial charge on any atom is 0.197 e. The van der Waals surface area contributed by atoms with E-state index in [9.17, 15) is 0 Å². The second-order valence-electron chi connectivity index (χ2n) is 3.65. The first kappa shape index (κ1) is 13.7. The summed E-state index contributed by atoms with van der Waals surface area (Å²) >= 11 is 24.4. The molecule has 0 spiro atoms. The maximum absolute atomic E-state index is 6.18. The van der Waals surface area contributed by atoms with Crippen molar-refractivity contribution < 1.29 is 9.47 Å². The zero-order valence-electron chi connectivity index (χ0n) is 9.03. The molecule has 17 heavy (non-hydrogen) atoms. The van der Waals surface area contributed by atoms with Crippen LogP contribution in [0.25, 0.3) is 0 Å². The van der Waals surface area contributed by atoms with E-state index in [2.05, 4.69) is 0 Å². The molecule has 0 unspecified atom stereocenters. The van der Waals surface area contributed by atoms with Gasteiger partial charge in [-0.3, -0.25) is 0 Å². The molecule has 1 heterocycles. The molecule has 0 bridgehead atoms. The summed E-state index contributed by atoms with van der Waals surface area (Å²) in [5, 5.41) is 1.32. The van der Waals surface area contributed by atoms with Crippen LogP contribution in [0.5, 0.6) is 0 Å². The molecule has 1 fully saturated rings. The van der Waals surface area contributed by atoms with Crippen LogP contribution in [0.2, 0.25) is 20.1 Å². The first-order chi connectivity index (χ1) is 8.02. The number of hydrogen-bond donors (Lipinski definition) is 0. The summed E-state index contributed by atoms with van der Waals surface area (Å²) in [6, 6.07) is 1.51. The molecule has 6 heteroatoms. The fourth-order valence-corrected chi connectivity index (χ4v) is 2.98. The molecule has 0 N–H and O–H groups in total. The lowest BCUT2D eigenvalue weighted by molar-refractivity contribution is -0.167. The molecule has 0 atom stereocenters. The van der Waals surface area contributed by atoms with Crippen LogP contribution in [-0.2, 0) is 15.3 Å². The predicted molar refractivity (Wildman–Crippen MR) is 70.4 cm³/mol. The van der Waals surface area contributed by atoms with E-state index in [-0.39, 0.29) is 0 Å². The molecule has 0 aliphatic carbocycles. The fraction of sp³-hybridized carbons (Fsp3) is 0.455. The largest absolute Gasteiger partial charge is 0.343 e. The minimum Gasteiger partial charge on any atom is -0.343 e. The Labute approximate surface area is 120 Å². The highest BCUT2D eigenvalue weighted by molar-refractivity contribution is 6.48. The highest BCUT2D eigenvalue weighted by Crippen LogP contribution is 2.47. The van der Waals surface area contributed by atoms with Crippen molar-refractivity contribution in [3.8, 4) is 0 Å². The maximum atomic E-state index is 6.18. The van der Waals surface area contributed by atoms with Crippen molar-refractivity contribution in [2.45, 2.75) is 19.1 Å². The van der Waals surface area contributed by atoms with E-state index in [4.69, 9.17) is 55.9 Å². The van der Waals surface area contributed by atoms with E-state index >= 15 is 0 Å². The lowest BCUT2D eigenvalue weighted by Crippen LogP contribution is -2.27. The Morgan fingerprint density at radius 1 is 1.06 bits per heavy atom. The van der Waals surface area contributed by atoms with Gasteiger partial charge in [0.25, 0.3) is 0 Å². The highest BCUT2D eigenvalue weighted by atomic mass is 35.5. The van der Waals surface area contributed by atoms with Crippen LogP contribution < -0.4 is 0 Å². The van der Waals surface area contributed by atoms with Gasteiger partial charge in [-0.25, -0.2) is 0 Å². The van der Waals surface area contributed by atoms with Gasteiger partial charge in [-0.1, -0.05) is 53.3 Å². The number of ether oxygens (including phenoxy) is 2. The van der Waals surface area contributed by atoms with E-state index in [1.165, 1.54) is 6.07 Å². The molecule has 0 radical (unpaired) electrons. The van der Waals surface area contributed by atoms with Gasteiger partial charge in [0.15, 0.2) is 5.79 Å². The van der Waals surface area contributed by atoms with Gasteiger partial charge in [-0.05, 0) is 6.07 Å². The Bertz CT molecular complexity index is 415. The van der Waals surface area contributed by atoms with Crippen LogP contribution >= 0.6 is 46.4 Å². The minimum atomic E-state index is -0.942. The Morgan fingerprint density at radius 2 is 1.53 bits per heavy atom. The highest BCUT2D eigenvalue weighted by Gasteiger charge is 2.41. The van der Waals surface area contributed by atoms with Crippen molar-refractivity contribution in [2.24, 2.45) is 0 Å². The second kappa shape index (κ2) is 5.12. The van der Waals surface area contributed by atoms with Gasteiger partial charge >= 0.3 is 0 Å². The molecular weight excluding hydrogens is 306 g/mol. The Morgan fingerprint density at radius 3 is 1.94 bits per heavy atom. The van der Waals surface area contributed by atoms with Gasteiger partial charge in [0.2, 0.25) is 0 Å². The van der Waals surface area contributed by atoms with Crippen molar-refractivity contribution in [1.29, 1.82) is 0 Å². The van der Waals surface area contributed by atoms with Crippen molar-refractivity contribution in [3.05, 3.63) is 31.7 Å². The summed E-state index contributed by atoms with van der Waals surface area (Å²) < 4.78 is 11.3. The van der Waals surface area contributed by atoms with Crippen LogP contribution in [0, 0.1) is 0 Å². The number of halogens is 4. The number of hydrogen-bond acceptors (Lipinski definition) is 2. The van der Waals surface area contributed by atoms with Gasteiger partial charge in [0.1, 0.15) is 0 Å². The summed E-state index contributed by atoms with van der Waals surface area (Å²) in [7, 11) is 0. The molecule has 2 rings (SSSR count). The average Bonchev–Trinajstić information content (AvgIpc) is 2.77. The molecule has 1 saturated heterocycles. The van der Waals surface area contributed by atoms with E-state index in [0.29, 0.717) is 45.3 Å². The molecule has 0 saturated carbocycles. The molecule has 1 aliphatic heterocycles. The smallest absolute Gasteiger partial charge is 0.197 e. The van der Waals surface area contributed by atoms with E-state index < -0.39 is 5.79 Å². The molecule has 94 valence electrons. The Kier molecular flexibility index (Phi) is 4.13. The monoisotopic (exact) mass is 314 g/mol. The lowest BCUT2D eigenvalue weighted by atomic mass is 10.0. The van der Waals surface area contributed by atoms with Crippen LogP contribution in [0.15, 0.2) is 6.07 Å². The molecule has 0 aromatic heterocycles. The van der Waals surface area contributed by atoms with Gasteiger partial charge in [-0.15, -0.1) is 0 Å². The fourth-order valence-electron chi connectivity index (χ4n) is 1.89. The van der Waals surface area contributed by atoms with Gasteiger partial charge < -0.3 is 9.47 Å². The SMILES string of the molecule is CCC1(c2c(Cl)c(Cl)cc(Cl)c2Cl)OCCO1. The van der Waals surface area contributed by atoms with Gasteiger partial charge in [0, 0.05) is 6.42 Å². The first-order valence-electron chi connectivity index (χ1n) is 5.13. The van der Waals surface area contributed by atoms with E-state index in [1.807, 2.05) is 6.92 Å². The third-order valence-electron chi connectivity index (χ3n) is 2.71. The molecule has 1 aliphatic rings. The van der Waals surface area contributed by atoms with E-state index in [1.54, 1.807) is 0 Å². The summed E-state index contributed by atoms with van der Waals surface area (Å²) in [6.45, 7) is 2.90. The molecule has 2 nitrogen and oxygen atoms in total. The predicted octanol–water partition coefficient (Wildman–Crippen LogP) is 4.91. The Balaban J connectivity index is 2.65. The topological polar surface area (TPSA) is 18.5 Å². The van der Waals surface area contributed by atoms with Crippen molar-refractivity contribution in [2.75, 3.05) is 13.2 Å². The number of benzene rings is 1. The van der Waals surface area contributed by atoms with E-state index in [0.717, 1.165) is 0 Å². The third-order valence-corrected chi connectivity index (χ3v) is 4.29. The standard InChI is InChI=1S/C11H10Cl4O2/c1-2-11(16-3-4-17-11)8-9(14)6(12)5-7(13)10(8)15/h5H,2-4H2,1H3. The second-order valence-corrected chi connectivity index (χ2v) is 5.22. The molecule has 1 aromatic rings. The summed E-state index contributed by atoms with van der Waals surface area (Å²) in [5.74, 6) is -0.942. The van der Waals surface area contributed by atoms with Gasteiger partial charge in [0.05, 0.1) is 38.9 Å². The summed E-state index contributed by atoms with van der Waals surface area (Å²) in [5.41, 5.74) is 0.512. The zero-order chi connectivity index (χ0) is 12.6. The van der Waals surface area contributed by atoms with Crippen LogP contribution in [0.4, 0.5) is 0 Å². The van der Waals surface area contributed by atoms with Crippen molar-refractivity contribution in [3.63, 3.8) is 0 Å². The summed E-state index contributed by atoms with van der Waals surface area (Å²) in [4.78, 5) is 0. The van der Waals surface area contributed by atoms with Crippen LogP contribution in [0.1, 0.15) is 18.9 Å². The molecule has 0 amide bonds.